The molecule has 2 rings (SSSR count). The Hall–Kier alpha value is -0.740. The molecule has 1 aliphatic rings. The minimum atomic E-state index is 0.276. The molecular formula is C12H16BrNO2. The number of nitrogens with zero attached hydrogens (tertiary/aromatic N) is 1. The number of aliphatic hydroxyl groups excluding tert-OH is 1. The van der Waals surface area contributed by atoms with E-state index in [1.54, 1.807) is 7.11 Å². The van der Waals surface area contributed by atoms with Crippen molar-refractivity contribution in [1.82, 2.24) is 0 Å². The number of rotatable bonds is 3. The fraction of sp³-hybridized carbons (Fsp3) is 0.500. The highest BCUT2D eigenvalue weighted by atomic mass is 79.9. The molecule has 0 radical (unpaired) electrons. The van der Waals surface area contributed by atoms with E-state index in [0.29, 0.717) is 5.92 Å². The molecule has 1 heterocycles. The number of halogens is 1. The van der Waals surface area contributed by atoms with Gasteiger partial charge in [0, 0.05) is 36.2 Å². The average Bonchev–Trinajstić information content (AvgIpc) is 2.78. The van der Waals surface area contributed by atoms with Crippen molar-refractivity contribution in [3.8, 4) is 5.75 Å². The van der Waals surface area contributed by atoms with Gasteiger partial charge in [-0.2, -0.15) is 0 Å². The second-order valence-corrected chi connectivity index (χ2v) is 4.95. The first-order valence-electron chi connectivity index (χ1n) is 5.44. The molecule has 1 unspecified atom stereocenters. The molecule has 1 fully saturated rings. The summed E-state index contributed by atoms with van der Waals surface area (Å²) in [6.45, 7) is 2.19. The molecular weight excluding hydrogens is 270 g/mol. The molecule has 0 aliphatic carbocycles. The van der Waals surface area contributed by atoms with Crippen LogP contribution >= 0.6 is 15.9 Å². The van der Waals surface area contributed by atoms with Gasteiger partial charge < -0.3 is 14.7 Å². The molecule has 1 aliphatic heterocycles. The summed E-state index contributed by atoms with van der Waals surface area (Å²) in [7, 11) is 1.67. The van der Waals surface area contributed by atoms with Gasteiger partial charge in [-0.3, -0.25) is 0 Å². The maximum atomic E-state index is 9.14. The summed E-state index contributed by atoms with van der Waals surface area (Å²) in [5.74, 6) is 1.27. The largest absolute Gasteiger partial charge is 0.497 e. The topological polar surface area (TPSA) is 32.7 Å². The van der Waals surface area contributed by atoms with Crippen LogP contribution in [-0.2, 0) is 0 Å². The number of benzene rings is 1. The fourth-order valence-electron chi connectivity index (χ4n) is 2.06. The summed E-state index contributed by atoms with van der Waals surface area (Å²) in [4.78, 5) is 2.29. The quantitative estimate of drug-likeness (QED) is 0.925. The Bertz CT molecular complexity index is 370. The summed E-state index contributed by atoms with van der Waals surface area (Å²) in [6, 6.07) is 5.97. The van der Waals surface area contributed by atoms with E-state index in [9.17, 15) is 0 Å². The SMILES string of the molecule is COc1ccc(Br)c(N2CCC(CO)C2)c1. The smallest absolute Gasteiger partial charge is 0.121 e. The second kappa shape index (κ2) is 5.06. The second-order valence-electron chi connectivity index (χ2n) is 4.10. The van der Waals surface area contributed by atoms with E-state index in [-0.39, 0.29) is 6.61 Å². The van der Waals surface area contributed by atoms with E-state index in [1.807, 2.05) is 18.2 Å². The van der Waals surface area contributed by atoms with Gasteiger partial charge >= 0.3 is 0 Å². The average molecular weight is 286 g/mol. The normalized spacial score (nSPS) is 20.2. The van der Waals surface area contributed by atoms with Gasteiger partial charge in [0.05, 0.1) is 12.8 Å². The van der Waals surface area contributed by atoms with E-state index >= 15 is 0 Å². The molecule has 3 nitrogen and oxygen atoms in total. The Labute approximate surface area is 104 Å². The summed E-state index contributed by atoms with van der Waals surface area (Å²) < 4.78 is 6.30. The maximum absolute atomic E-state index is 9.14. The lowest BCUT2D eigenvalue weighted by Gasteiger charge is -2.20. The highest BCUT2D eigenvalue weighted by molar-refractivity contribution is 9.10. The summed E-state index contributed by atoms with van der Waals surface area (Å²) in [5, 5.41) is 9.14. The molecule has 0 spiro atoms. The third kappa shape index (κ3) is 2.33. The van der Waals surface area contributed by atoms with Crippen molar-refractivity contribution < 1.29 is 9.84 Å². The number of hydrogen-bond acceptors (Lipinski definition) is 3. The minimum Gasteiger partial charge on any atom is -0.497 e. The highest BCUT2D eigenvalue weighted by Crippen LogP contribution is 2.33. The molecule has 0 saturated carbocycles. The Morgan fingerprint density at radius 3 is 3.00 bits per heavy atom. The summed E-state index contributed by atoms with van der Waals surface area (Å²) in [6.07, 6.45) is 1.06. The van der Waals surface area contributed by atoms with Gasteiger partial charge in [0.1, 0.15) is 5.75 Å². The van der Waals surface area contributed by atoms with Crippen LogP contribution in [0.2, 0.25) is 0 Å². The van der Waals surface area contributed by atoms with Crippen molar-refractivity contribution in [3.63, 3.8) is 0 Å². The van der Waals surface area contributed by atoms with Crippen LogP contribution in [0.1, 0.15) is 6.42 Å². The molecule has 1 N–H and O–H groups in total. The molecule has 0 bridgehead atoms. The van der Waals surface area contributed by atoms with Crippen LogP contribution in [0.5, 0.6) is 5.75 Å². The van der Waals surface area contributed by atoms with Crippen LogP contribution in [0.3, 0.4) is 0 Å². The Balaban J connectivity index is 2.20. The minimum absolute atomic E-state index is 0.276. The molecule has 1 atom stereocenters. The van der Waals surface area contributed by atoms with E-state index in [4.69, 9.17) is 9.84 Å². The van der Waals surface area contributed by atoms with Crippen LogP contribution in [0.15, 0.2) is 22.7 Å². The number of anilines is 1. The van der Waals surface area contributed by atoms with Gasteiger partial charge in [0.15, 0.2) is 0 Å². The van der Waals surface area contributed by atoms with Crippen LogP contribution in [0.25, 0.3) is 0 Å². The lowest BCUT2D eigenvalue weighted by molar-refractivity contribution is 0.238. The fourth-order valence-corrected chi connectivity index (χ4v) is 2.56. The molecule has 4 heteroatoms. The van der Waals surface area contributed by atoms with Crippen LogP contribution in [0.4, 0.5) is 5.69 Å². The highest BCUT2D eigenvalue weighted by Gasteiger charge is 2.23. The van der Waals surface area contributed by atoms with Crippen molar-refractivity contribution in [3.05, 3.63) is 22.7 Å². The zero-order valence-electron chi connectivity index (χ0n) is 9.32. The van der Waals surface area contributed by atoms with Gasteiger partial charge in [-0.15, -0.1) is 0 Å². The van der Waals surface area contributed by atoms with Crippen molar-refractivity contribution in [2.75, 3.05) is 31.7 Å². The Kier molecular flexibility index (Phi) is 3.71. The Morgan fingerprint density at radius 2 is 2.38 bits per heavy atom. The van der Waals surface area contributed by atoms with E-state index in [1.165, 1.54) is 0 Å². The van der Waals surface area contributed by atoms with E-state index < -0.39 is 0 Å². The molecule has 0 aromatic heterocycles. The third-order valence-corrected chi connectivity index (χ3v) is 3.71. The van der Waals surface area contributed by atoms with Crippen LogP contribution in [-0.4, -0.2) is 31.9 Å². The first-order chi connectivity index (χ1) is 7.74. The number of methoxy groups -OCH3 is 1. The monoisotopic (exact) mass is 285 g/mol. The standard InChI is InChI=1S/C12H16BrNO2/c1-16-10-2-3-11(13)12(6-10)14-5-4-9(7-14)8-15/h2-3,6,9,15H,4-5,7-8H2,1H3. The van der Waals surface area contributed by atoms with E-state index in [0.717, 1.165) is 35.4 Å². The third-order valence-electron chi connectivity index (χ3n) is 3.04. The molecule has 1 aromatic rings. The van der Waals surface area contributed by atoms with Crippen molar-refractivity contribution in [2.24, 2.45) is 5.92 Å². The molecule has 16 heavy (non-hydrogen) atoms. The Morgan fingerprint density at radius 1 is 1.56 bits per heavy atom. The molecule has 88 valence electrons. The van der Waals surface area contributed by atoms with Gasteiger partial charge in [0.2, 0.25) is 0 Å². The van der Waals surface area contributed by atoms with Crippen LogP contribution < -0.4 is 9.64 Å². The molecule has 0 amide bonds. The predicted molar refractivity (Wildman–Crippen MR) is 68.1 cm³/mol. The predicted octanol–water partition coefficient (Wildman–Crippen LogP) is 2.28. The van der Waals surface area contributed by atoms with Gasteiger partial charge in [0.25, 0.3) is 0 Å². The van der Waals surface area contributed by atoms with Crippen molar-refractivity contribution in [2.45, 2.75) is 6.42 Å². The van der Waals surface area contributed by atoms with Crippen molar-refractivity contribution >= 4 is 21.6 Å². The summed E-state index contributed by atoms with van der Waals surface area (Å²) in [5.41, 5.74) is 1.15. The van der Waals surface area contributed by atoms with Gasteiger partial charge in [-0.25, -0.2) is 0 Å². The first-order valence-corrected chi connectivity index (χ1v) is 6.23. The molecule has 1 saturated heterocycles. The van der Waals surface area contributed by atoms with Crippen molar-refractivity contribution in [1.29, 1.82) is 0 Å². The lowest BCUT2D eigenvalue weighted by atomic mass is 10.1. The first kappa shape index (κ1) is 11.7. The zero-order valence-corrected chi connectivity index (χ0v) is 10.9. The van der Waals surface area contributed by atoms with Crippen LogP contribution in [0, 0.1) is 5.92 Å². The number of ether oxygens (including phenoxy) is 1. The number of hydrogen-bond donors (Lipinski definition) is 1. The lowest BCUT2D eigenvalue weighted by Crippen LogP contribution is -2.20. The molecule has 1 aromatic carbocycles. The summed E-state index contributed by atoms with van der Waals surface area (Å²) >= 11 is 3.55. The maximum Gasteiger partial charge on any atom is 0.121 e. The van der Waals surface area contributed by atoms with Gasteiger partial charge in [-0.1, -0.05) is 0 Å². The van der Waals surface area contributed by atoms with Gasteiger partial charge in [-0.05, 0) is 34.5 Å². The number of aliphatic hydroxyl groups is 1. The van der Waals surface area contributed by atoms with E-state index in [2.05, 4.69) is 20.8 Å². The zero-order chi connectivity index (χ0) is 11.5.